The first-order valence-electron chi connectivity index (χ1n) is 14.8. The van der Waals surface area contributed by atoms with Crippen molar-refractivity contribution in [1.29, 1.82) is 0 Å². The zero-order valence-corrected chi connectivity index (χ0v) is 27.2. The first-order valence-corrected chi connectivity index (χ1v) is 20.9. The van der Waals surface area contributed by atoms with Crippen molar-refractivity contribution in [2.45, 2.75) is 77.8 Å². The van der Waals surface area contributed by atoms with Crippen LogP contribution in [0.4, 0.5) is 0 Å². The summed E-state index contributed by atoms with van der Waals surface area (Å²) in [6.45, 7) is 14.1. The molecule has 0 saturated heterocycles. The maximum Gasteiger partial charge on any atom is 0.138 e. The fraction of sp³-hybridized carbons (Fsp3) is 0.333. The lowest BCUT2D eigenvalue weighted by molar-refractivity contribution is 1.20. The van der Waals surface area contributed by atoms with Crippen molar-refractivity contribution in [3.05, 3.63) is 71.1 Å². The van der Waals surface area contributed by atoms with E-state index in [2.05, 4.69) is 124 Å². The van der Waals surface area contributed by atoms with E-state index in [1.54, 1.807) is 0 Å². The molecule has 0 nitrogen and oxygen atoms in total. The Hall–Kier alpha value is -2.83. The van der Waals surface area contributed by atoms with Gasteiger partial charge in [-0.3, -0.25) is 0 Å². The van der Waals surface area contributed by atoms with Crippen LogP contribution in [0.5, 0.6) is 0 Å². The van der Waals surface area contributed by atoms with Crippen molar-refractivity contribution >= 4 is 69.9 Å². The Morgan fingerprint density at radius 3 is 1.38 bits per heavy atom. The fourth-order valence-electron chi connectivity index (χ4n) is 6.06. The van der Waals surface area contributed by atoms with Gasteiger partial charge in [0.15, 0.2) is 0 Å². The molecule has 0 spiro atoms. The third-order valence-corrected chi connectivity index (χ3v) is 19.8. The van der Waals surface area contributed by atoms with Crippen molar-refractivity contribution in [3.63, 3.8) is 0 Å². The van der Waals surface area contributed by atoms with Gasteiger partial charge < -0.3 is 0 Å². The Labute approximate surface area is 240 Å². The molecule has 0 aliphatic carbocycles. The van der Waals surface area contributed by atoms with Gasteiger partial charge in [-0.1, -0.05) is 77.6 Å². The normalized spacial score (nSPS) is 12.1. The van der Waals surface area contributed by atoms with E-state index in [0.717, 1.165) is 0 Å². The third kappa shape index (κ3) is 4.98. The van der Waals surface area contributed by atoms with Gasteiger partial charge in [0, 0.05) is 21.2 Å². The molecule has 0 atom stereocenters. The van der Waals surface area contributed by atoms with Gasteiger partial charge in [0.05, 0.1) is 0 Å². The molecule has 0 aliphatic rings. The van der Waals surface area contributed by atoms with Crippen LogP contribution in [0.3, 0.4) is 0 Å². The molecule has 0 unspecified atom stereocenters. The van der Waals surface area contributed by atoms with Gasteiger partial charge >= 0.3 is 0 Å². The number of hydrogen-bond acceptors (Lipinski definition) is 1. The van der Waals surface area contributed by atoms with Crippen LogP contribution in [0.15, 0.2) is 60.0 Å². The maximum atomic E-state index is 3.94. The average molecular weight is 561 g/mol. The Balaban J connectivity index is 1.98. The summed E-state index contributed by atoms with van der Waals surface area (Å²) in [4.78, 5) is 0. The minimum atomic E-state index is -1.62. The quantitative estimate of drug-likeness (QED) is 0.110. The van der Waals surface area contributed by atoms with E-state index in [1.807, 2.05) is 11.3 Å². The van der Waals surface area contributed by atoms with Crippen molar-refractivity contribution < 1.29 is 0 Å². The predicted octanol–water partition coefficient (Wildman–Crippen LogP) is 11.2. The van der Waals surface area contributed by atoms with Crippen LogP contribution < -0.4 is 0 Å². The second-order valence-electron chi connectivity index (χ2n) is 11.0. The number of hydrogen-bond donors (Lipinski definition) is 0. The summed E-state index contributed by atoms with van der Waals surface area (Å²) in [5.74, 6) is 7.71. The zero-order valence-electron chi connectivity index (χ0n) is 24.4. The van der Waals surface area contributed by atoms with E-state index in [4.69, 9.17) is 0 Å². The van der Waals surface area contributed by atoms with Gasteiger partial charge in [0.2, 0.25) is 0 Å². The van der Waals surface area contributed by atoms with Gasteiger partial charge in [-0.2, -0.15) is 0 Å². The van der Waals surface area contributed by atoms with Gasteiger partial charge in [-0.15, -0.1) is 22.4 Å². The Kier molecular flexibility index (Phi) is 8.07. The standard InChI is InChI=1S/C36H40SSi2/c1-7-38(8-2,9-3)21-18-30-32-23-27-15-13-14-16-28(27)24-33(32)31(19-22-39(10-4,11-5)12-6)35-26-36-29(17-20-37-36)25-34(30)35/h13-17,20,23-26H,7-12H2,1-6H3. The van der Waals surface area contributed by atoms with E-state index < -0.39 is 16.1 Å². The highest BCUT2D eigenvalue weighted by Crippen LogP contribution is 2.38. The summed E-state index contributed by atoms with van der Waals surface area (Å²) in [5.41, 5.74) is 10.3. The minimum absolute atomic E-state index is 1.20. The number of fused-ring (bicyclic) bond motifs is 4. The summed E-state index contributed by atoms with van der Waals surface area (Å²) in [7, 11) is -3.24. The predicted molar refractivity (Wildman–Crippen MR) is 182 cm³/mol. The van der Waals surface area contributed by atoms with Gasteiger partial charge in [0.1, 0.15) is 16.1 Å². The average Bonchev–Trinajstić information content (AvgIpc) is 3.45. The van der Waals surface area contributed by atoms with E-state index in [1.165, 1.54) is 89.8 Å². The summed E-state index contributed by atoms with van der Waals surface area (Å²) in [5, 5.41) is 11.1. The van der Waals surface area contributed by atoms with Crippen molar-refractivity contribution in [2.75, 3.05) is 0 Å². The monoisotopic (exact) mass is 560 g/mol. The Bertz CT molecular complexity index is 1650. The molecule has 0 fully saturated rings. The summed E-state index contributed by atoms with van der Waals surface area (Å²) >= 11 is 1.82. The van der Waals surface area contributed by atoms with Crippen LogP contribution in [0.1, 0.15) is 52.7 Å². The first kappa shape index (κ1) is 27.7. The van der Waals surface area contributed by atoms with Crippen molar-refractivity contribution in [2.24, 2.45) is 0 Å². The summed E-state index contributed by atoms with van der Waals surface area (Å²) in [6, 6.07) is 27.8. The van der Waals surface area contributed by atoms with E-state index in [0.29, 0.717) is 0 Å². The van der Waals surface area contributed by atoms with Gasteiger partial charge in [-0.25, -0.2) is 0 Å². The largest absolute Gasteiger partial charge is 0.144 e. The third-order valence-electron chi connectivity index (χ3n) is 9.52. The van der Waals surface area contributed by atoms with Crippen LogP contribution in [0.25, 0.3) is 42.4 Å². The lowest BCUT2D eigenvalue weighted by atomic mass is 9.90. The summed E-state index contributed by atoms with van der Waals surface area (Å²) in [6.07, 6.45) is 0. The first-order chi connectivity index (χ1) is 19.0. The molecule has 4 aromatic carbocycles. The Morgan fingerprint density at radius 2 is 0.949 bits per heavy atom. The minimum Gasteiger partial charge on any atom is -0.144 e. The van der Waals surface area contributed by atoms with Crippen LogP contribution in [-0.2, 0) is 0 Å². The molecule has 0 amide bonds. The molecule has 0 saturated carbocycles. The highest BCUT2D eigenvalue weighted by Gasteiger charge is 2.26. The van der Waals surface area contributed by atoms with Crippen LogP contribution >= 0.6 is 11.3 Å². The van der Waals surface area contributed by atoms with Crippen LogP contribution in [0.2, 0.25) is 36.3 Å². The molecule has 0 bridgehead atoms. The van der Waals surface area contributed by atoms with Crippen molar-refractivity contribution in [3.8, 4) is 22.9 Å². The maximum absolute atomic E-state index is 3.94. The zero-order chi connectivity index (χ0) is 27.6. The highest BCUT2D eigenvalue weighted by atomic mass is 32.1. The molecule has 39 heavy (non-hydrogen) atoms. The number of benzene rings is 4. The van der Waals surface area contributed by atoms with Gasteiger partial charge in [0.25, 0.3) is 0 Å². The molecule has 1 aromatic heterocycles. The molecule has 1 heterocycles. The molecule has 5 aromatic rings. The molecule has 3 heteroatoms. The SMILES string of the molecule is CC[Si](C#Cc1c2cc3ccccc3cc2c(C#C[Si](CC)(CC)CC)c2cc3sccc3cc12)(CC)CC. The molecule has 0 N–H and O–H groups in total. The van der Waals surface area contributed by atoms with Gasteiger partial charge in [-0.05, 0) is 104 Å². The number of thiophene rings is 1. The lowest BCUT2D eigenvalue weighted by Crippen LogP contribution is -2.29. The van der Waals surface area contributed by atoms with E-state index >= 15 is 0 Å². The second-order valence-corrected chi connectivity index (χ2v) is 21.8. The number of rotatable bonds is 6. The summed E-state index contributed by atoms with van der Waals surface area (Å²) < 4.78 is 1.33. The highest BCUT2D eigenvalue weighted by molar-refractivity contribution is 7.17. The molecular weight excluding hydrogens is 521 g/mol. The fourth-order valence-corrected chi connectivity index (χ4v) is 11.7. The lowest BCUT2D eigenvalue weighted by Gasteiger charge is -2.21. The molecular formula is C36H40SSi2. The molecule has 198 valence electrons. The molecule has 5 rings (SSSR count). The molecule has 0 aliphatic heterocycles. The second kappa shape index (κ2) is 11.3. The van der Waals surface area contributed by atoms with E-state index in [-0.39, 0.29) is 0 Å². The van der Waals surface area contributed by atoms with E-state index in [9.17, 15) is 0 Å². The van der Waals surface area contributed by atoms with Crippen LogP contribution in [-0.4, -0.2) is 16.1 Å². The topological polar surface area (TPSA) is 0 Å². The molecule has 0 radical (unpaired) electrons. The smallest absolute Gasteiger partial charge is 0.138 e. The Morgan fingerprint density at radius 1 is 0.538 bits per heavy atom. The van der Waals surface area contributed by atoms with Crippen molar-refractivity contribution in [1.82, 2.24) is 0 Å². The van der Waals surface area contributed by atoms with Crippen LogP contribution in [0, 0.1) is 22.9 Å².